The molecule has 0 bridgehead atoms. The number of nitrogens with zero attached hydrogens (tertiary/aromatic N) is 3. The van der Waals surface area contributed by atoms with Gasteiger partial charge in [0.15, 0.2) is 12.1 Å². The van der Waals surface area contributed by atoms with E-state index in [4.69, 9.17) is 25.5 Å². The minimum atomic E-state index is -1.73. The van der Waals surface area contributed by atoms with Gasteiger partial charge in [0.1, 0.15) is 0 Å². The van der Waals surface area contributed by atoms with Crippen molar-refractivity contribution in [2.75, 3.05) is 58.9 Å². The summed E-state index contributed by atoms with van der Waals surface area (Å²) in [6.07, 6.45) is -1.73. The number of aliphatic hydroxyl groups excluding tert-OH is 1. The van der Waals surface area contributed by atoms with E-state index in [0.29, 0.717) is 0 Å². The molecule has 0 atom stereocenters. The highest BCUT2D eigenvalue weighted by atomic mass is 16.5. The van der Waals surface area contributed by atoms with Gasteiger partial charge in [0.05, 0.1) is 26.2 Å². The Kier molecular flexibility index (Phi) is 12.3. The summed E-state index contributed by atoms with van der Waals surface area (Å²) in [5.74, 6) is -3.61. The molecule has 30 heavy (non-hydrogen) atoms. The Balaban J connectivity index is 5.19. The molecule has 0 radical (unpaired) electrons. The molecule has 0 aromatic heterocycles. The summed E-state index contributed by atoms with van der Waals surface area (Å²) in [6.45, 7) is 4.09. The predicted molar refractivity (Wildman–Crippen MR) is 105 cm³/mol. The molecule has 0 aromatic rings. The minimum Gasteiger partial charge on any atom is -0.480 e. The lowest BCUT2D eigenvalue weighted by Crippen LogP contribution is -2.47. The molecule has 0 fully saturated rings. The number of hydrogen-bond acceptors (Lipinski definition) is 9. The van der Waals surface area contributed by atoms with Gasteiger partial charge in [-0.25, -0.2) is 0 Å². The number of hydrogen-bond donors (Lipinski definition) is 5. The third kappa shape index (κ3) is 14.0. The first-order valence-corrected chi connectivity index (χ1v) is 9.42. The zero-order chi connectivity index (χ0) is 23.5. The van der Waals surface area contributed by atoms with E-state index in [2.05, 4.69) is 0 Å². The van der Waals surface area contributed by atoms with Crippen LogP contribution in [0.4, 0.5) is 0 Å². The SMILES string of the molecule is CC(C)(C)C(=O)CN(CCN(CC(=O)O)CC(=O)O)CCN(CC(=O)O)CC(O)O. The number of carbonyl (C=O) groups is 4. The lowest BCUT2D eigenvalue weighted by Gasteiger charge is -2.30. The molecule has 0 aliphatic carbocycles. The van der Waals surface area contributed by atoms with Crippen molar-refractivity contribution in [3.8, 4) is 0 Å². The summed E-state index contributed by atoms with van der Waals surface area (Å²) >= 11 is 0. The molecule has 174 valence electrons. The van der Waals surface area contributed by atoms with Crippen molar-refractivity contribution < 1.29 is 44.7 Å². The summed E-state index contributed by atoms with van der Waals surface area (Å²) in [4.78, 5) is 49.5. The molecule has 0 saturated carbocycles. The van der Waals surface area contributed by atoms with Crippen LogP contribution in [0.5, 0.6) is 0 Å². The van der Waals surface area contributed by atoms with Crippen LogP contribution in [0.2, 0.25) is 0 Å². The molecule has 0 unspecified atom stereocenters. The monoisotopic (exact) mass is 435 g/mol. The molecule has 0 spiro atoms. The fourth-order valence-corrected chi connectivity index (χ4v) is 2.53. The van der Waals surface area contributed by atoms with Gasteiger partial charge in [-0.2, -0.15) is 0 Å². The highest BCUT2D eigenvalue weighted by Crippen LogP contribution is 2.15. The van der Waals surface area contributed by atoms with Crippen molar-refractivity contribution in [2.45, 2.75) is 27.1 Å². The average molecular weight is 435 g/mol. The van der Waals surface area contributed by atoms with Crippen molar-refractivity contribution in [3.05, 3.63) is 0 Å². The number of ketones is 1. The summed E-state index contributed by atoms with van der Waals surface area (Å²) in [5.41, 5.74) is -0.637. The highest BCUT2D eigenvalue weighted by molar-refractivity contribution is 5.85. The predicted octanol–water partition coefficient (Wildman–Crippen LogP) is -1.93. The second-order valence-corrected chi connectivity index (χ2v) is 8.06. The van der Waals surface area contributed by atoms with E-state index < -0.39 is 49.2 Å². The standard InChI is InChI=1S/C18H33N3O9/c1-18(2,3)13(22)8-19(4-6-20(9-14(23)24)10-15(25)26)5-7-21(11-16(27)28)12-17(29)30/h14,23-24H,4-12H2,1-3H3,(H,25,26)(H,27,28)(H,29,30). The van der Waals surface area contributed by atoms with Crippen LogP contribution in [-0.4, -0.2) is 129 Å². The van der Waals surface area contributed by atoms with E-state index in [1.165, 1.54) is 9.80 Å². The van der Waals surface area contributed by atoms with E-state index in [-0.39, 0.29) is 45.1 Å². The Labute approximate surface area is 175 Å². The molecule has 12 heteroatoms. The van der Waals surface area contributed by atoms with Crippen molar-refractivity contribution >= 4 is 23.7 Å². The van der Waals surface area contributed by atoms with Crippen molar-refractivity contribution in [1.29, 1.82) is 0 Å². The number of aliphatic hydroxyl groups is 2. The van der Waals surface area contributed by atoms with Crippen LogP contribution < -0.4 is 0 Å². The Bertz CT molecular complexity index is 574. The molecule has 12 nitrogen and oxygen atoms in total. The van der Waals surface area contributed by atoms with E-state index in [9.17, 15) is 19.2 Å². The maximum absolute atomic E-state index is 12.4. The number of carboxylic acid groups (broad SMARTS) is 3. The quantitative estimate of drug-likeness (QED) is 0.170. The molecule has 0 aliphatic heterocycles. The third-order valence-corrected chi connectivity index (χ3v) is 4.17. The van der Waals surface area contributed by atoms with Gasteiger partial charge in [0.25, 0.3) is 0 Å². The third-order valence-electron chi connectivity index (χ3n) is 4.17. The zero-order valence-corrected chi connectivity index (χ0v) is 17.7. The van der Waals surface area contributed by atoms with Crippen molar-refractivity contribution in [3.63, 3.8) is 0 Å². The fourth-order valence-electron chi connectivity index (χ4n) is 2.53. The van der Waals surface area contributed by atoms with Crippen molar-refractivity contribution in [1.82, 2.24) is 14.7 Å². The first kappa shape index (κ1) is 27.9. The Hall–Kier alpha value is -2.12. The van der Waals surface area contributed by atoms with E-state index in [0.717, 1.165) is 0 Å². The van der Waals surface area contributed by atoms with Gasteiger partial charge in [-0.1, -0.05) is 20.8 Å². The summed E-state index contributed by atoms with van der Waals surface area (Å²) in [7, 11) is 0. The lowest BCUT2D eigenvalue weighted by molar-refractivity contribution is -0.142. The maximum atomic E-state index is 12.4. The minimum absolute atomic E-state index is 0.0000723. The molecule has 5 N–H and O–H groups in total. The van der Waals surface area contributed by atoms with Gasteiger partial charge in [0.2, 0.25) is 0 Å². The topological polar surface area (TPSA) is 179 Å². The van der Waals surface area contributed by atoms with Crippen LogP contribution in [-0.2, 0) is 19.2 Å². The first-order valence-electron chi connectivity index (χ1n) is 9.42. The maximum Gasteiger partial charge on any atom is 0.317 e. The van der Waals surface area contributed by atoms with Gasteiger partial charge in [-0.05, 0) is 0 Å². The highest BCUT2D eigenvalue weighted by Gasteiger charge is 2.25. The summed E-state index contributed by atoms with van der Waals surface area (Å²) in [6, 6.07) is 0. The van der Waals surface area contributed by atoms with Crippen LogP contribution in [0, 0.1) is 5.41 Å². The van der Waals surface area contributed by atoms with Crippen LogP contribution in [0.25, 0.3) is 0 Å². The van der Waals surface area contributed by atoms with Gasteiger partial charge in [-0.15, -0.1) is 0 Å². The Morgan fingerprint density at radius 2 is 1.03 bits per heavy atom. The number of carbonyl (C=O) groups excluding carboxylic acids is 1. The van der Waals surface area contributed by atoms with Gasteiger partial charge in [0, 0.05) is 38.1 Å². The number of aliphatic carboxylic acids is 3. The molecule has 0 aromatic carbocycles. The van der Waals surface area contributed by atoms with Crippen LogP contribution in [0.1, 0.15) is 20.8 Å². The van der Waals surface area contributed by atoms with Crippen LogP contribution >= 0.6 is 0 Å². The molecule has 0 heterocycles. The van der Waals surface area contributed by atoms with E-state index in [1.54, 1.807) is 25.7 Å². The first-order chi connectivity index (χ1) is 13.7. The van der Waals surface area contributed by atoms with Crippen LogP contribution in [0.15, 0.2) is 0 Å². The Morgan fingerprint density at radius 3 is 1.40 bits per heavy atom. The molecule has 0 rings (SSSR count). The van der Waals surface area contributed by atoms with Crippen molar-refractivity contribution in [2.24, 2.45) is 5.41 Å². The molecular weight excluding hydrogens is 402 g/mol. The molecule has 0 amide bonds. The second kappa shape index (κ2) is 13.2. The van der Waals surface area contributed by atoms with Crippen LogP contribution in [0.3, 0.4) is 0 Å². The largest absolute Gasteiger partial charge is 0.480 e. The normalized spacial score (nSPS) is 12.2. The number of rotatable bonds is 16. The lowest BCUT2D eigenvalue weighted by atomic mass is 9.90. The summed E-state index contributed by atoms with van der Waals surface area (Å²) < 4.78 is 0. The zero-order valence-electron chi connectivity index (χ0n) is 17.7. The molecule has 0 saturated heterocycles. The van der Waals surface area contributed by atoms with E-state index >= 15 is 0 Å². The summed E-state index contributed by atoms with van der Waals surface area (Å²) in [5, 5.41) is 45.1. The number of Topliss-reactive ketones (excluding diaryl/α,β-unsaturated/α-hetero) is 1. The molecular formula is C18H33N3O9. The van der Waals surface area contributed by atoms with E-state index in [1.807, 2.05) is 0 Å². The van der Waals surface area contributed by atoms with Gasteiger partial charge in [-0.3, -0.25) is 33.9 Å². The van der Waals surface area contributed by atoms with Gasteiger partial charge < -0.3 is 25.5 Å². The average Bonchev–Trinajstić information content (AvgIpc) is 2.53. The smallest absolute Gasteiger partial charge is 0.317 e. The number of carboxylic acids is 3. The van der Waals surface area contributed by atoms with Gasteiger partial charge >= 0.3 is 17.9 Å². The molecule has 0 aliphatic rings. The second-order valence-electron chi connectivity index (χ2n) is 8.06. The Morgan fingerprint density at radius 1 is 0.667 bits per heavy atom. The fraction of sp³-hybridized carbons (Fsp3) is 0.778.